The number of benzene rings is 1. The zero-order valence-electron chi connectivity index (χ0n) is 12.9. The van der Waals surface area contributed by atoms with E-state index in [9.17, 15) is 14.9 Å². The number of hydrogen-bond donors (Lipinski definition) is 2. The number of primary amides is 1. The monoisotopic (exact) mass is 327 g/mol. The molecule has 0 spiro atoms. The molecule has 6 heteroatoms. The number of dihydropyridines is 1. The molecule has 1 amide bonds. The molecule has 1 heterocycles. The van der Waals surface area contributed by atoms with Gasteiger partial charge in [-0.3, -0.25) is 9.59 Å². The van der Waals surface area contributed by atoms with Crippen LogP contribution in [0.2, 0.25) is 0 Å². The predicted octanol–water partition coefficient (Wildman–Crippen LogP) is 2.34. The highest BCUT2D eigenvalue weighted by molar-refractivity contribution is 8.03. The Labute approximate surface area is 139 Å². The van der Waals surface area contributed by atoms with E-state index in [-0.39, 0.29) is 17.5 Å². The first kappa shape index (κ1) is 16.8. The van der Waals surface area contributed by atoms with Gasteiger partial charge in [-0.1, -0.05) is 49.0 Å². The molecule has 0 radical (unpaired) electrons. The summed E-state index contributed by atoms with van der Waals surface area (Å²) >= 11 is 1.18. The van der Waals surface area contributed by atoms with Crippen molar-refractivity contribution < 1.29 is 9.59 Å². The van der Waals surface area contributed by atoms with Crippen LogP contribution in [0.5, 0.6) is 0 Å². The Kier molecular flexibility index (Phi) is 5.24. The molecule has 23 heavy (non-hydrogen) atoms. The molecule has 0 aliphatic carbocycles. The summed E-state index contributed by atoms with van der Waals surface area (Å²) in [6, 6.07) is 11.1. The van der Waals surface area contributed by atoms with Crippen LogP contribution in [0.25, 0.3) is 0 Å². The zero-order chi connectivity index (χ0) is 17.0. The van der Waals surface area contributed by atoms with Gasteiger partial charge < -0.3 is 11.1 Å². The molecule has 1 aromatic rings. The normalized spacial score (nSPS) is 17.5. The van der Waals surface area contributed by atoms with Gasteiger partial charge in [-0.2, -0.15) is 5.26 Å². The van der Waals surface area contributed by atoms with Crippen molar-refractivity contribution in [1.82, 2.24) is 5.32 Å². The molecule has 3 N–H and O–H groups in total. The lowest BCUT2D eigenvalue weighted by Gasteiger charge is -2.27. The molecule has 0 fully saturated rings. The molecule has 1 unspecified atom stereocenters. The summed E-state index contributed by atoms with van der Waals surface area (Å²) in [4.78, 5) is 23.7. The van der Waals surface area contributed by atoms with E-state index >= 15 is 0 Å². The van der Waals surface area contributed by atoms with Crippen molar-refractivity contribution in [1.29, 1.82) is 5.26 Å². The van der Waals surface area contributed by atoms with Crippen LogP contribution in [0.3, 0.4) is 0 Å². The van der Waals surface area contributed by atoms with Crippen molar-refractivity contribution in [2.75, 3.05) is 5.75 Å². The highest BCUT2D eigenvalue weighted by Gasteiger charge is 2.30. The van der Waals surface area contributed by atoms with Crippen LogP contribution in [0.4, 0.5) is 0 Å². The molecule has 0 aromatic heterocycles. The van der Waals surface area contributed by atoms with Gasteiger partial charge in [-0.05, 0) is 6.92 Å². The number of nitrogens with zero attached hydrogens (tertiary/aromatic N) is 1. The summed E-state index contributed by atoms with van der Waals surface area (Å²) in [6.07, 6.45) is 0. The molecular weight excluding hydrogens is 310 g/mol. The fourth-order valence-electron chi connectivity index (χ4n) is 2.49. The number of amides is 1. The Bertz CT molecular complexity index is 745. The Morgan fingerprint density at radius 2 is 2.00 bits per heavy atom. The molecule has 0 bridgehead atoms. The predicted molar refractivity (Wildman–Crippen MR) is 90.1 cm³/mol. The molecule has 118 valence electrons. The van der Waals surface area contributed by atoms with Gasteiger partial charge in [0.15, 0.2) is 5.78 Å². The number of allylic oxidation sites excluding steroid dienone is 3. The summed E-state index contributed by atoms with van der Waals surface area (Å²) in [5.41, 5.74) is 7.45. The summed E-state index contributed by atoms with van der Waals surface area (Å²) in [5, 5.41) is 13.1. The van der Waals surface area contributed by atoms with Crippen molar-refractivity contribution in [2.45, 2.75) is 13.8 Å². The number of carbonyl (C=O) groups is 2. The standard InChI is InChI=1S/C17H17N3O2S/c1-10-13(8-18)17(23-9-14(19)21)20-11(2)15(10)16(22)12-6-4-3-5-7-12/h3-7,10,20H,9H2,1-2H3,(H2,19,21). The molecule has 2 rings (SSSR count). The Balaban J connectivity index is 2.34. The Morgan fingerprint density at radius 1 is 1.35 bits per heavy atom. The number of hydrogen-bond acceptors (Lipinski definition) is 5. The quantitative estimate of drug-likeness (QED) is 0.809. The van der Waals surface area contributed by atoms with Gasteiger partial charge in [0.2, 0.25) is 5.91 Å². The van der Waals surface area contributed by atoms with Crippen molar-refractivity contribution >= 4 is 23.5 Å². The summed E-state index contributed by atoms with van der Waals surface area (Å²) in [5.74, 6) is -0.823. The topological polar surface area (TPSA) is 96.0 Å². The first-order valence-electron chi connectivity index (χ1n) is 7.08. The minimum atomic E-state index is -0.456. The maximum absolute atomic E-state index is 12.7. The van der Waals surface area contributed by atoms with Crippen LogP contribution >= 0.6 is 11.8 Å². The molecule has 1 aliphatic rings. The second-order valence-corrected chi connectivity index (χ2v) is 6.18. The Hall–Kier alpha value is -2.52. The summed E-state index contributed by atoms with van der Waals surface area (Å²) in [6.45, 7) is 3.62. The van der Waals surface area contributed by atoms with E-state index in [1.807, 2.05) is 13.0 Å². The van der Waals surface area contributed by atoms with E-state index in [1.165, 1.54) is 11.8 Å². The average molecular weight is 327 g/mol. The number of rotatable bonds is 5. The van der Waals surface area contributed by atoms with Crippen LogP contribution in [0.1, 0.15) is 24.2 Å². The van der Waals surface area contributed by atoms with E-state index in [4.69, 9.17) is 5.73 Å². The third-order valence-corrected chi connectivity index (χ3v) is 4.62. The minimum Gasteiger partial charge on any atom is -0.369 e. The zero-order valence-corrected chi connectivity index (χ0v) is 13.7. The third kappa shape index (κ3) is 3.63. The second kappa shape index (κ2) is 7.16. The number of nitriles is 1. The van der Waals surface area contributed by atoms with Crippen LogP contribution in [-0.2, 0) is 4.79 Å². The van der Waals surface area contributed by atoms with E-state index in [0.717, 1.165) is 0 Å². The average Bonchev–Trinajstić information content (AvgIpc) is 2.53. The van der Waals surface area contributed by atoms with Gasteiger partial charge in [0.25, 0.3) is 0 Å². The van der Waals surface area contributed by atoms with E-state index in [2.05, 4.69) is 11.4 Å². The molecule has 5 nitrogen and oxygen atoms in total. The van der Waals surface area contributed by atoms with Crippen LogP contribution in [0.15, 0.2) is 52.2 Å². The van der Waals surface area contributed by atoms with E-state index < -0.39 is 5.91 Å². The fraction of sp³-hybridized carbons (Fsp3) is 0.235. The molecule has 0 saturated carbocycles. The molecule has 1 aromatic carbocycles. The Morgan fingerprint density at radius 3 is 2.57 bits per heavy atom. The van der Waals surface area contributed by atoms with Gasteiger partial charge in [-0.25, -0.2) is 0 Å². The largest absolute Gasteiger partial charge is 0.369 e. The highest BCUT2D eigenvalue weighted by atomic mass is 32.2. The van der Waals surface area contributed by atoms with Gasteiger partial charge in [0, 0.05) is 22.8 Å². The van der Waals surface area contributed by atoms with Crippen molar-refractivity contribution in [3.63, 3.8) is 0 Å². The number of carbonyl (C=O) groups excluding carboxylic acids is 2. The van der Waals surface area contributed by atoms with Crippen LogP contribution in [0, 0.1) is 17.2 Å². The number of nitrogens with one attached hydrogen (secondary N) is 1. The van der Waals surface area contributed by atoms with Crippen LogP contribution in [-0.4, -0.2) is 17.4 Å². The highest BCUT2D eigenvalue weighted by Crippen LogP contribution is 2.34. The molecular formula is C17H17N3O2S. The molecule has 0 saturated heterocycles. The lowest BCUT2D eigenvalue weighted by Crippen LogP contribution is -2.28. The maximum atomic E-state index is 12.7. The fourth-order valence-corrected chi connectivity index (χ4v) is 3.38. The maximum Gasteiger partial charge on any atom is 0.227 e. The number of ketones is 1. The van der Waals surface area contributed by atoms with Gasteiger partial charge >= 0.3 is 0 Å². The van der Waals surface area contributed by atoms with Crippen molar-refractivity contribution in [2.24, 2.45) is 11.7 Å². The smallest absolute Gasteiger partial charge is 0.227 e. The number of nitrogens with two attached hydrogens (primary N) is 1. The van der Waals surface area contributed by atoms with Crippen LogP contribution < -0.4 is 11.1 Å². The van der Waals surface area contributed by atoms with E-state index in [1.54, 1.807) is 31.2 Å². The number of thioether (sulfide) groups is 1. The van der Waals surface area contributed by atoms with Gasteiger partial charge in [0.1, 0.15) is 0 Å². The lowest BCUT2D eigenvalue weighted by molar-refractivity contribution is -0.115. The first-order valence-corrected chi connectivity index (χ1v) is 8.07. The van der Waals surface area contributed by atoms with E-state index in [0.29, 0.717) is 27.4 Å². The SMILES string of the molecule is CC1=C(C(=O)c2ccccc2)C(C)C(C#N)=C(SCC(N)=O)N1. The van der Waals surface area contributed by atoms with Gasteiger partial charge in [0.05, 0.1) is 22.4 Å². The second-order valence-electron chi connectivity index (χ2n) is 5.19. The van der Waals surface area contributed by atoms with Crippen molar-refractivity contribution in [3.8, 4) is 6.07 Å². The lowest BCUT2D eigenvalue weighted by atomic mass is 9.85. The van der Waals surface area contributed by atoms with Crippen molar-refractivity contribution in [3.05, 3.63) is 57.8 Å². The molecule has 1 aliphatic heterocycles. The minimum absolute atomic E-state index is 0.0788. The number of Topliss-reactive ketones (excluding diaryl/α,β-unsaturated/α-hetero) is 1. The first-order chi connectivity index (χ1) is 11.0. The molecule has 1 atom stereocenters. The van der Waals surface area contributed by atoms with Gasteiger partial charge in [-0.15, -0.1) is 0 Å². The summed E-state index contributed by atoms with van der Waals surface area (Å²) < 4.78 is 0. The summed E-state index contributed by atoms with van der Waals surface area (Å²) in [7, 11) is 0. The third-order valence-electron chi connectivity index (χ3n) is 3.58.